The molecule has 2 rings (SSSR count). The first kappa shape index (κ1) is 12.5. The van der Waals surface area contributed by atoms with E-state index < -0.39 is 0 Å². The molecule has 1 aromatic heterocycles. The highest BCUT2D eigenvalue weighted by atomic mass is 16.5. The van der Waals surface area contributed by atoms with E-state index in [0.29, 0.717) is 6.04 Å². The molecule has 1 atom stereocenters. The minimum Gasteiger partial charge on any atom is -0.381 e. The smallest absolute Gasteiger partial charge is 0.0756 e. The predicted octanol–water partition coefficient (Wildman–Crippen LogP) is 1.86. The zero-order chi connectivity index (χ0) is 12.1. The van der Waals surface area contributed by atoms with Crippen LogP contribution in [0, 0.1) is 12.8 Å². The maximum absolute atomic E-state index is 5.39. The molecular formula is C13H21N3O. The fourth-order valence-electron chi connectivity index (χ4n) is 2.28. The van der Waals surface area contributed by atoms with Crippen LogP contribution in [0.5, 0.6) is 0 Å². The molecule has 1 saturated heterocycles. The molecule has 1 aliphatic heterocycles. The first-order chi connectivity index (χ1) is 8.29. The summed E-state index contributed by atoms with van der Waals surface area (Å²) in [6.07, 6.45) is 7.17. The van der Waals surface area contributed by atoms with E-state index in [4.69, 9.17) is 4.74 Å². The molecule has 1 unspecified atom stereocenters. The third kappa shape index (κ3) is 3.48. The van der Waals surface area contributed by atoms with E-state index in [-0.39, 0.29) is 0 Å². The molecule has 1 aliphatic rings. The average molecular weight is 235 g/mol. The molecule has 94 valence electrons. The van der Waals surface area contributed by atoms with Gasteiger partial charge in [0.1, 0.15) is 0 Å². The van der Waals surface area contributed by atoms with Gasteiger partial charge in [-0.3, -0.25) is 9.97 Å². The van der Waals surface area contributed by atoms with E-state index in [1.54, 1.807) is 0 Å². The summed E-state index contributed by atoms with van der Waals surface area (Å²) in [6.45, 7) is 3.77. The van der Waals surface area contributed by atoms with Crippen LogP contribution in [-0.4, -0.2) is 30.2 Å². The number of nitrogens with one attached hydrogen (secondary N) is 1. The molecular weight excluding hydrogens is 214 g/mol. The first-order valence-corrected chi connectivity index (χ1v) is 6.33. The van der Waals surface area contributed by atoms with Crippen LogP contribution in [0.15, 0.2) is 12.4 Å². The van der Waals surface area contributed by atoms with Gasteiger partial charge < -0.3 is 10.1 Å². The van der Waals surface area contributed by atoms with Crippen molar-refractivity contribution in [2.75, 3.05) is 20.3 Å². The van der Waals surface area contributed by atoms with Crippen LogP contribution in [0.1, 0.15) is 36.7 Å². The third-order valence-corrected chi connectivity index (χ3v) is 3.42. The number of hydrogen-bond acceptors (Lipinski definition) is 4. The molecule has 2 heterocycles. The first-order valence-electron chi connectivity index (χ1n) is 6.33. The van der Waals surface area contributed by atoms with E-state index in [0.717, 1.165) is 49.8 Å². The van der Waals surface area contributed by atoms with Gasteiger partial charge in [0.2, 0.25) is 0 Å². The van der Waals surface area contributed by atoms with Crippen molar-refractivity contribution in [2.45, 2.75) is 32.2 Å². The van der Waals surface area contributed by atoms with Gasteiger partial charge in [-0.15, -0.1) is 0 Å². The zero-order valence-corrected chi connectivity index (χ0v) is 10.6. The molecule has 0 spiro atoms. The fraction of sp³-hybridized carbons (Fsp3) is 0.692. The summed E-state index contributed by atoms with van der Waals surface area (Å²) >= 11 is 0. The summed E-state index contributed by atoms with van der Waals surface area (Å²) < 4.78 is 5.39. The summed E-state index contributed by atoms with van der Waals surface area (Å²) in [5.74, 6) is 0.740. The zero-order valence-electron chi connectivity index (χ0n) is 10.6. The van der Waals surface area contributed by atoms with Gasteiger partial charge in [0.25, 0.3) is 0 Å². The van der Waals surface area contributed by atoms with Crippen molar-refractivity contribution in [1.29, 1.82) is 0 Å². The van der Waals surface area contributed by atoms with Crippen molar-refractivity contribution in [3.63, 3.8) is 0 Å². The highest BCUT2D eigenvalue weighted by Gasteiger charge is 2.20. The largest absolute Gasteiger partial charge is 0.381 e. The molecule has 4 nitrogen and oxygen atoms in total. The van der Waals surface area contributed by atoms with Gasteiger partial charge in [0.15, 0.2) is 0 Å². The normalized spacial score (nSPS) is 19.2. The van der Waals surface area contributed by atoms with Crippen LogP contribution in [0.4, 0.5) is 0 Å². The van der Waals surface area contributed by atoms with Gasteiger partial charge in [0, 0.05) is 19.4 Å². The molecule has 0 amide bonds. The van der Waals surface area contributed by atoms with E-state index in [1.165, 1.54) is 0 Å². The number of aryl methyl sites for hydroxylation is 1. The van der Waals surface area contributed by atoms with Crippen LogP contribution in [0.2, 0.25) is 0 Å². The fourth-order valence-corrected chi connectivity index (χ4v) is 2.28. The van der Waals surface area contributed by atoms with Gasteiger partial charge >= 0.3 is 0 Å². The Balaban J connectivity index is 1.97. The molecule has 0 aliphatic carbocycles. The third-order valence-electron chi connectivity index (χ3n) is 3.42. The van der Waals surface area contributed by atoms with Crippen molar-refractivity contribution in [2.24, 2.45) is 5.92 Å². The number of nitrogens with zero attached hydrogens (tertiary/aromatic N) is 2. The highest BCUT2D eigenvalue weighted by molar-refractivity contribution is 5.06. The van der Waals surface area contributed by atoms with Gasteiger partial charge in [-0.25, -0.2) is 0 Å². The van der Waals surface area contributed by atoms with E-state index in [9.17, 15) is 0 Å². The second-order valence-electron chi connectivity index (χ2n) is 4.72. The van der Waals surface area contributed by atoms with E-state index in [1.807, 2.05) is 26.4 Å². The van der Waals surface area contributed by atoms with E-state index in [2.05, 4.69) is 15.3 Å². The monoisotopic (exact) mass is 235 g/mol. The molecule has 0 saturated carbocycles. The van der Waals surface area contributed by atoms with Crippen molar-refractivity contribution in [3.8, 4) is 0 Å². The van der Waals surface area contributed by atoms with Crippen molar-refractivity contribution in [1.82, 2.24) is 15.3 Å². The maximum Gasteiger partial charge on any atom is 0.0756 e. The molecule has 1 aromatic rings. The minimum absolute atomic E-state index is 0.311. The molecule has 17 heavy (non-hydrogen) atoms. The lowest BCUT2D eigenvalue weighted by Crippen LogP contribution is -2.24. The van der Waals surface area contributed by atoms with Gasteiger partial charge in [-0.1, -0.05) is 0 Å². The summed E-state index contributed by atoms with van der Waals surface area (Å²) in [7, 11) is 1.99. The number of ether oxygens (including phenoxy) is 1. The van der Waals surface area contributed by atoms with Crippen molar-refractivity contribution < 1.29 is 4.74 Å². The number of aromatic nitrogens is 2. The predicted molar refractivity (Wildman–Crippen MR) is 66.7 cm³/mol. The van der Waals surface area contributed by atoms with Crippen LogP contribution >= 0.6 is 0 Å². The molecule has 4 heteroatoms. The summed E-state index contributed by atoms with van der Waals surface area (Å²) in [5.41, 5.74) is 2.01. The summed E-state index contributed by atoms with van der Waals surface area (Å²) in [4.78, 5) is 8.77. The second-order valence-corrected chi connectivity index (χ2v) is 4.72. The number of rotatable bonds is 4. The Morgan fingerprint density at radius 2 is 2.12 bits per heavy atom. The summed E-state index contributed by atoms with van der Waals surface area (Å²) in [5, 5.41) is 3.34. The Morgan fingerprint density at radius 3 is 2.71 bits per heavy atom. The van der Waals surface area contributed by atoms with Crippen LogP contribution in [0.25, 0.3) is 0 Å². The quantitative estimate of drug-likeness (QED) is 0.865. The lowest BCUT2D eigenvalue weighted by atomic mass is 9.91. The van der Waals surface area contributed by atoms with Gasteiger partial charge in [-0.2, -0.15) is 0 Å². The Kier molecular flexibility index (Phi) is 4.45. The average Bonchev–Trinajstić information content (AvgIpc) is 2.38. The Bertz CT molecular complexity index is 333. The minimum atomic E-state index is 0.311. The standard InChI is InChI=1S/C13H21N3O/c1-10-8-16-13(9-15-10)12(14-2)7-11-3-5-17-6-4-11/h8-9,11-12,14H,3-7H2,1-2H3. The van der Waals surface area contributed by atoms with Crippen LogP contribution in [0.3, 0.4) is 0 Å². The Morgan fingerprint density at radius 1 is 1.35 bits per heavy atom. The Labute approximate surface area is 103 Å². The molecule has 0 aromatic carbocycles. The van der Waals surface area contributed by atoms with Crippen molar-refractivity contribution in [3.05, 3.63) is 23.8 Å². The van der Waals surface area contributed by atoms with Gasteiger partial charge in [0.05, 0.1) is 23.6 Å². The maximum atomic E-state index is 5.39. The van der Waals surface area contributed by atoms with E-state index >= 15 is 0 Å². The van der Waals surface area contributed by atoms with Crippen LogP contribution in [-0.2, 0) is 4.74 Å². The summed E-state index contributed by atoms with van der Waals surface area (Å²) in [6, 6.07) is 0.311. The SMILES string of the molecule is CNC(CC1CCOCC1)c1cnc(C)cn1. The second kappa shape index (κ2) is 6.07. The topological polar surface area (TPSA) is 47.0 Å². The van der Waals surface area contributed by atoms with Gasteiger partial charge in [-0.05, 0) is 39.2 Å². The molecule has 1 N–H and O–H groups in total. The number of hydrogen-bond donors (Lipinski definition) is 1. The lowest BCUT2D eigenvalue weighted by Gasteiger charge is -2.26. The highest BCUT2D eigenvalue weighted by Crippen LogP contribution is 2.26. The van der Waals surface area contributed by atoms with Crippen molar-refractivity contribution >= 4 is 0 Å². The Hall–Kier alpha value is -1.00. The van der Waals surface area contributed by atoms with Crippen LogP contribution < -0.4 is 5.32 Å². The molecule has 0 radical (unpaired) electrons. The molecule has 1 fully saturated rings. The lowest BCUT2D eigenvalue weighted by molar-refractivity contribution is 0.0606. The molecule has 0 bridgehead atoms.